The summed E-state index contributed by atoms with van der Waals surface area (Å²) in [5.74, 6) is 0. The van der Waals surface area contributed by atoms with Gasteiger partial charge in [-0.1, -0.05) is 36.4 Å². The van der Waals surface area contributed by atoms with Crippen molar-refractivity contribution in [3.05, 3.63) is 98.6 Å². The number of rotatable bonds is 7. The Labute approximate surface area is 172 Å². The Morgan fingerprint density at radius 1 is 0.833 bits per heavy atom. The zero-order valence-electron chi connectivity index (χ0n) is 15.8. The first kappa shape index (κ1) is 20.9. The van der Waals surface area contributed by atoms with Crippen LogP contribution < -0.4 is 5.32 Å². The summed E-state index contributed by atoms with van der Waals surface area (Å²) in [7, 11) is -4.19. The van der Waals surface area contributed by atoms with Crippen LogP contribution in [0.5, 0.6) is 0 Å². The second kappa shape index (κ2) is 8.29. The summed E-state index contributed by atoms with van der Waals surface area (Å²) >= 11 is 0. The molecule has 0 spiro atoms. The first-order chi connectivity index (χ1) is 14.2. The van der Waals surface area contributed by atoms with E-state index in [-0.39, 0.29) is 27.2 Å². The third-order valence-electron chi connectivity index (χ3n) is 4.49. The van der Waals surface area contributed by atoms with Gasteiger partial charge in [-0.15, -0.1) is 0 Å². The largest absolute Gasteiger partial charge is 0.373 e. The minimum absolute atomic E-state index is 0.161. The van der Waals surface area contributed by atoms with Gasteiger partial charge in [0.25, 0.3) is 11.4 Å². The molecule has 0 saturated carbocycles. The summed E-state index contributed by atoms with van der Waals surface area (Å²) in [6, 6.07) is 17.1. The fourth-order valence-electron chi connectivity index (χ4n) is 2.91. The quantitative estimate of drug-likeness (QED) is 0.433. The number of nitrogens with one attached hydrogen (secondary N) is 1. The van der Waals surface area contributed by atoms with Crippen molar-refractivity contribution in [2.75, 3.05) is 5.32 Å². The molecule has 1 atom stereocenters. The molecule has 0 aromatic heterocycles. The standard InChI is InChI=1S/C20H17N3O6S/c1-14(15-6-3-2-4-7-15)21-19-11-10-18(13-20(19)23(26)27)30(28,29)17-9-5-8-16(12-17)22(24)25/h2-14,21H,1H3/t14-/m0/s1. The topological polar surface area (TPSA) is 132 Å². The molecule has 1 N–H and O–H groups in total. The molecule has 0 saturated heterocycles. The van der Waals surface area contributed by atoms with Crippen LogP contribution in [0.15, 0.2) is 82.6 Å². The molecule has 0 heterocycles. The predicted octanol–water partition coefficient (Wildman–Crippen LogP) is 4.51. The lowest BCUT2D eigenvalue weighted by Gasteiger charge is -2.16. The average Bonchev–Trinajstić information content (AvgIpc) is 2.74. The molecule has 0 unspecified atom stereocenters. The molecule has 0 aliphatic rings. The molecule has 0 aliphatic carbocycles. The second-order valence-electron chi connectivity index (χ2n) is 6.47. The number of nitro benzene ring substituents is 2. The van der Waals surface area contributed by atoms with Crippen LogP contribution in [0.25, 0.3) is 0 Å². The molecule has 0 amide bonds. The van der Waals surface area contributed by atoms with Crippen LogP contribution in [0, 0.1) is 20.2 Å². The van der Waals surface area contributed by atoms with Crippen LogP contribution in [0.4, 0.5) is 17.1 Å². The molecule has 3 aromatic carbocycles. The van der Waals surface area contributed by atoms with Gasteiger partial charge < -0.3 is 5.32 Å². The molecule has 0 aliphatic heterocycles. The third kappa shape index (κ3) is 4.28. The zero-order valence-corrected chi connectivity index (χ0v) is 16.6. The number of benzene rings is 3. The maximum Gasteiger partial charge on any atom is 0.293 e. The van der Waals surface area contributed by atoms with Gasteiger partial charge in [0, 0.05) is 24.2 Å². The summed E-state index contributed by atoms with van der Waals surface area (Å²) in [6.07, 6.45) is 0. The molecule has 3 aromatic rings. The van der Waals surface area contributed by atoms with Crippen molar-refractivity contribution in [3.8, 4) is 0 Å². The second-order valence-corrected chi connectivity index (χ2v) is 8.42. The average molecular weight is 427 g/mol. The monoisotopic (exact) mass is 427 g/mol. The van der Waals surface area contributed by atoms with E-state index in [1.807, 2.05) is 37.3 Å². The summed E-state index contributed by atoms with van der Waals surface area (Å²) in [5, 5.41) is 25.5. The van der Waals surface area contributed by atoms with Crippen LogP contribution in [-0.4, -0.2) is 18.3 Å². The molecule has 3 rings (SSSR count). The molecule has 30 heavy (non-hydrogen) atoms. The summed E-state index contributed by atoms with van der Waals surface area (Å²) in [4.78, 5) is 20.5. The molecular formula is C20H17N3O6S. The smallest absolute Gasteiger partial charge is 0.293 e. The van der Waals surface area contributed by atoms with Crippen LogP contribution in [0.1, 0.15) is 18.5 Å². The SMILES string of the molecule is C[C@H](Nc1ccc(S(=O)(=O)c2cccc([N+](=O)[O-])c2)cc1[N+](=O)[O-])c1ccccc1. The zero-order chi connectivity index (χ0) is 21.9. The first-order valence-corrected chi connectivity index (χ1v) is 10.3. The third-order valence-corrected chi connectivity index (χ3v) is 6.24. The van der Waals surface area contributed by atoms with Gasteiger partial charge in [0.2, 0.25) is 9.84 Å². The summed E-state index contributed by atoms with van der Waals surface area (Å²) < 4.78 is 25.7. The van der Waals surface area contributed by atoms with Gasteiger partial charge in [-0.25, -0.2) is 8.42 Å². The van der Waals surface area contributed by atoms with Crippen LogP contribution >= 0.6 is 0 Å². The highest BCUT2D eigenvalue weighted by Gasteiger charge is 2.25. The van der Waals surface area contributed by atoms with Crippen molar-refractivity contribution >= 4 is 26.9 Å². The van der Waals surface area contributed by atoms with Crippen molar-refractivity contribution in [2.45, 2.75) is 22.8 Å². The van der Waals surface area contributed by atoms with E-state index in [2.05, 4.69) is 5.32 Å². The van der Waals surface area contributed by atoms with Gasteiger partial charge in [-0.2, -0.15) is 0 Å². The normalized spacial score (nSPS) is 12.2. The van der Waals surface area contributed by atoms with E-state index in [1.54, 1.807) is 0 Å². The number of hydrogen-bond donors (Lipinski definition) is 1. The lowest BCUT2D eigenvalue weighted by atomic mass is 10.1. The van der Waals surface area contributed by atoms with Crippen molar-refractivity contribution < 1.29 is 18.3 Å². The van der Waals surface area contributed by atoms with Crippen molar-refractivity contribution in [1.29, 1.82) is 0 Å². The van der Waals surface area contributed by atoms with Crippen LogP contribution in [0.3, 0.4) is 0 Å². The van der Waals surface area contributed by atoms with E-state index in [0.717, 1.165) is 17.7 Å². The van der Waals surface area contributed by atoms with Crippen LogP contribution in [-0.2, 0) is 9.84 Å². The number of anilines is 1. The molecule has 154 valence electrons. The minimum atomic E-state index is -4.19. The van der Waals surface area contributed by atoms with Crippen molar-refractivity contribution in [3.63, 3.8) is 0 Å². The maximum absolute atomic E-state index is 12.9. The number of nitro groups is 2. The van der Waals surface area contributed by atoms with E-state index in [0.29, 0.717) is 0 Å². The Bertz CT molecular complexity index is 1210. The Morgan fingerprint density at radius 3 is 2.13 bits per heavy atom. The maximum atomic E-state index is 12.9. The lowest BCUT2D eigenvalue weighted by molar-refractivity contribution is -0.385. The van der Waals surface area contributed by atoms with Crippen LogP contribution in [0.2, 0.25) is 0 Å². The van der Waals surface area contributed by atoms with Crippen molar-refractivity contribution in [2.24, 2.45) is 0 Å². The number of hydrogen-bond acceptors (Lipinski definition) is 7. The first-order valence-electron chi connectivity index (χ1n) is 8.79. The molecule has 10 heteroatoms. The Balaban J connectivity index is 1.99. The van der Waals surface area contributed by atoms with Gasteiger partial charge in [-0.05, 0) is 30.7 Å². The Hall–Kier alpha value is -3.79. The Kier molecular flexibility index (Phi) is 5.79. The Morgan fingerprint density at radius 2 is 1.50 bits per heavy atom. The van der Waals surface area contributed by atoms with Crippen molar-refractivity contribution in [1.82, 2.24) is 0 Å². The predicted molar refractivity (Wildman–Crippen MR) is 110 cm³/mol. The highest BCUT2D eigenvalue weighted by Crippen LogP contribution is 2.33. The van der Waals surface area contributed by atoms with E-state index < -0.39 is 25.4 Å². The van der Waals surface area contributed by atoms with Gasteiger partial charge in [0.1, 0.15) is 5.69 Å². The van der Waals surface area contributed by atoms with E-state index in [1.165, 1.54) is 30.3 Å². The van der Waals surface area contributed by atoms with E-state index >= 15 is 0 Å². The molecule has 9 nitrogen and oxygen atoms in total. The lowest BCUT2D eigenvalue weighted by Crippen LogP contribution is -2.09. The minimum Gasteiger partial charge on any atom is -0.373 e. The highest BCUT2D eigenvalue weighted by atomic mass is 32.2. The molecular weight excluding hydrogens is 410 g/mol. The number of nitrogens with zero attached hydrogens (tertiary/aromatic N) is 2. The van der Waals surface area contributed by atoms with Gasteiger partial charge in [0.05, 0.1) is 19.6 Å². The van der Waals surface area contributed by atoms with Gasteiger partial charge >= 0.3 is 0 Å². The molecule has 0 fully saturated rings. The van der Waals surface area contributed by atoms with Gasteiger partial charge in [0.15, 0.2) is 0 Å². The number of sulfone groups is 1. The molecule has 0 radical (unpaired) electrons. The van der Waals surface area contributed by atoms with Gasteiger partial charge in [-0.3, -0.25) is 20.2 Å². The van der Waals surface area contributed by atoms with E-state index in [4.69, 9.17) is 0 Å². The van der Waals surface area contributed by atoms with E-state index in [9.17, 15) is 28.6 Å². The molecule has 0 bridgehead atoms. The number of non-ortho nitro benzene ring substituents is 1. The highest BCUT2D eigenvalue weighted by molar-refractivity contribution is 7.91. The fraction of sp³-hybridized carbons (Fsp3) is 0.100. The fourth-order valence-corrected chi connectivity index (χ4v) is 4.23. The summed E-state index contributed by atoms with van der Waals surface area (Å²) in [6.45, 7) is 1.83. The summed E-state index contributed by atoms with van der Waals surface area (Å²) in [5.41, 5.74) is 0.263.